The van der Waals surface area contributed by atoms with Crippen LogP contribution in [-0.2, 0) is 7.05 Å². The van der Waals surface area contributed by atoms with Crippen LogP contribution in [-0.4, -0.2) is 32.7 Å². The minimum Gasteiger partial charge on any atom is -0.396 e. The Bertz CT molecular complexity index is 532. The van der Waals surface area contributed by atoms with Gasteiger partial charge in [0.15, 0.2) is 5.82 Å². The van der Waals surface area contributed by atoms with Crippen LogP contribution in [0.25, 0.3) is 0 Å². The molecule has 1 heterocycles. The molecule has 1 aromatic heterocycles. The lowest BCUT2D eigenvalue weighted by Crippen LogP contribution is -2.35. The van der Waals surface area contributed by atoms with Crippen molar-refractivity contribution < 1.29 is 10.0 Å². The zero-order valence-corrected chi connectivity index (χ0v) is 9.10. The second-order valence-electron chi connectivity index (χ2n) is 3.28. The summed E-state index contributed by atoms with van der Waals surface area (Å²) in [6, 6.07) is 0. The predicted octanol–water partition coefficient (Wildman–Crippen LogP) is -1.22. The Kier molecular flexibility index (Phi) is 3.99. The first-order chi connectivity index (χ1) is 7.99. The molecule has 3 N–H and O–H groups in total. The molecule has 17 heavy (non-hydrogen) atoms. The van der Waals surface area contributed by atoms with E-state index in [0.29, 0.717) is 11.0 Å². The van der Waals surface area contributed by atoms with Gasteiger partial charge in [-0.15, -0.1) is 0 Å². The van der Waals surface area contributed by atoms with Crippen molar-refractivity contribution in [3.05, 3.63) is 31.0 Å². The van der Waals surface area contributed by atoms with Crippen LogP contribution in [0.2, 0.25) is 0 Å². The van der Waals surface area contributed by atoms with E-state index in [9.17, 15) is 19.7 Å². The number of aromatic amines is 1. The highest BCUT2D eigenvalue weighted by molar-refractivity contribution is 5.53. The summed E-state index contributed by atoms with van der Waals surface area (Å²) in [6.45, 7) is 0.107. The maximum atomic E-state index is 11.5. The van der Waals surface area contributed by atoms with Crippen molar-refractivity contribution in [2.24, 2.45) is 7.05 Å². The molecule has 0 aliphatic heterocycles. The zero-order valence-electron chi connectivity index (χ0n) is 9.10. The van der Waals surface area contributed by atoms with Crippen LogP contribution in [0.4, 0.5) is 11.5 Å². The van der Waals surface area contributed by atoms with Crippen LogP contribution < -0.4 is 16.6 Å². The highest BCUT2D eigenvalue weighted by atomic mass is 16.6. The predicted molar refractivity (Wildman–Crippen MR) is 59.2 cm³/mol. The van der Waals surface area contributed by atoms with Crippen LogP contribution in [0.5, 0.6) is 0 Å². The van der Waals surface area contributed by atoms with E-state index in [-0.39, 0.29) is 19.0 Å². The van der Waals surface area contributed by atoms with Crippen molar-refractivity contribution in [2.45, 2.75) is 6.42 Å². The monoisotopic (exact) mass is 244 g/mol. The number of hydrogen-bond donors (Lipinski definition) is 3. The molecule has 94 valence electrons. The molecular weight excluding hydrogens is 232 g/mol. The first-order valence-electron chi connectivity index (χ1n) is 4.81. The van der Waals surface area contributed by atoms with Crippen molar-refractivity contribution in [1.29, 1.82) is 0 Å². The fourth-order valence-electron chi connectivity index (χ4n) is 1.20. The third kappa shape index (κ3) is 2.69. The molecule has 9 heteroatoms. The number of nitrogens with one attached hydrogen (secondary N) is 2. The number of hydrogen-bond acceptors (Lipinski definition) is 6. The van der Waals surface area contributed by atoms with Gasteiger partial charge in [-0.2, -0.15) is 0 Å². The molecule has 0 unspecified atom stereocenters. The van der Waals surface area contributed by atoms with Crippen LogP contribution in [0.3, 0.4) is 0 Å². The molecule has 0 radical (unpaired) electrons. The Labute approximate surface area is 94.9 Å². The van der Waals surface area contributed by atoms with Crippen LogP contribution >= 0.6 is 0 Å². The highest BCUT2D eigenvalue weighted by Crippen LogP contribution is 2.13. The van der Waals surface area contributed by atoms with Gasteiger partial charge in [0.1, 0.15) is 0 Å². The topological polar surface area (TPSA) is 130 Å². The quantitative estimate of drug-likeness (QED) is 0.338. The molecule has 0 atom stereocenters. The molecule has 9 nitrogen and oxygen atoms in total. The Morgan fingerprint density at radius 2 is 2.18 bits per heavy atom. The number of aromatic nitrogens is 2. The molecule has 1 aromatic rings. The van der Waals surface area contributed by atoms with Crippen molar-refractivity contribution in [2.75, 3.05) is 18.5 Å². The number of anilines is 1. The lowest BCUT2D eigenvalue weighted by Gasteiger charge is -2.06. The number of nitrogens with zero attached hydrogens (tertiary/aromatic N) is 2. The Morgan fingerprint density at radius 1 is 1.53 bits per heavy atom. The van der Waals surface area contributed by atoms with E-state index in [0.717, 1.165) is 7.05 Å². The Hall–Kier alpha value is -2.16. The standard InChI is InChI=1S/C8H12N4O5/c1-11-7(14)5(12(16)17)6(10-8(11)15)9-3-2-4-13/h9,13H,2-4H2,1H3,(H,10,15). The van der Waals surface area contributed by atoms with Gasteiger partial charge in [0, 0.05) is 20.2 Å². The average molecular weight is 244 g/mol. The van der Waals surface area contributed by atoms with E-state index < -0.39 is 21.9 Å². The van der Waals surface area contributed by atoms with Crippen molar-refractivity contribution in [3.63, 3.8) is 0 Å². The number of aliphatic hydroxyl groups is 1. The summed E-state index contributed by atoms with van der Waals surface area (Å²) in [5.41, 5.74) is -2.44. The van der Waals surface area contributed by atoms with E-state index in [4.69, 9.17) is 5.11 Å². The summed E-state index contributed by atoms with van der Waals surface area (Å²) >= 11 is 0. The van der Waals surface area contributed by atoms with Crippen molar-refractivity contribution >= 4 is 11.5 Å². The van der Waals surface area contributed by atoms with E-state index in [2.05, 4.69) is 10.3 Å². The fraction of sp³-hybridized carbons (Fsp3) is 0.500. The fourth-order valence-corrected chi connectivity index (χ4v) is 1.20. The maximum Gasteiger partial charge on any atom is 0.374 e. The van der Waals surface area contributed by atoms with Gasteiger partial charge in [-0.05, 0) is 6.42 Å². The highest BCUT2D eigenvalue weighted by Gasteiger charge is 2.22. The second-order valence-corrected chi connectivity index (χ2v) is 3.28. The van der Waals surface area contributed by atoms with Gasteiger partial charge >= 0.3 is 16.9 Å². The Morgan fingerprint density at radius 3 is 2.71 bits per heavy atom. The molecule has 0 fully saturated rings. The molecular formula is C8H12N4O5. The van der Waals surface area contributed by atoms with Crippen LogP contribution in [0.15, 0.2) is 9.59 Å². The summed E-state index contributed by atoms with van der Waals surface area (Å²) in [5.74, 6) is -0.239. The van der Waals surface area contributed by atoms with E-state index >= 15 is 0 Å². The molecule has 0 saturated carbocycles. The summed E-state index contributed by atoms with van der Waals surface area (Å²) < 4.78 is 0.620. The molecule has 0 amide bonds. The average Bonchev–Trinajstić information content (AvgIpc) is 2.26. The van der Waals surface area contributed by atoms with Crippen molar-refractivity contribution in [1.82, 2.24) is 9.55 Å². The molecule has 0 aromatic carbocycles. The minimum absolute atomic E-state index is 0.101. The first kappa shape index (κ1) is 12.9. The number of aliphatic hydroxyl groups excluding tert-OH is 1. The molecule has 0 saturated heterocycles. The van der Waals surface area contributed by atoms with Crippen LogP contribution in [0.1, 0.15) is 6.42 Å². The third-order valence-corrected chi connectivity index (χ3v) is 2.10. The number of H-pyrrole nitrogens is 1. The largest absolute Gasteiger partial charge is 0.396 e. The van der Waals surface area contributed by atoms with Crippen molar-refractivity contribution in [3.8, 4) is 0 Å². The van der Waals surface area contributed by atoms with Gasteiger partial charge in [-0.25, -0.2) is 4.79 Å². The lowest BCUT2D eigenvalue weighted by atomic mass is 10.4. The maximum absolute atomic E-state index is 11.5. The van der Waals surface area contributed by atoms with Crippen LogP contribution in [0, 0.1) is 10.1 Å². The molecule has 0 bridgehead atoms. The summed E-state index contributed by atoms with van der Waals surface area (Å²) in [5, 5.41) is 21.8. The van der Waals surface area contributed by atoms with Gasteiger partial charge in [0.05, 0.1) is 4.92 Å². The second kappa shape index (κ2) is 5.25. The molecule has 0 aliphatic rings. The molecule has 0 aliphatic carbocycles. The smallest absolute Gasteiger partial charge is 0.374 e. The van der Waals surface area contributed by atoms with E-state index in [1.54, 1.807) is 0 Å². The first-order valence-corrected chi connectivity index (χ1v) is 4.81. The SMILES string of the molecule is Cn1c(=O)[nH]c(NCCCO)c([N+](=O)[O-])c1=O. The van der Waals surface area contributed by atoms with Gasteiger partial charge in [-0.1, -0.05) is 0 Å². The zero-order chi connectivity index (χ0) is 13.0. The molecule has 0 spiro atoms. The summed E-state index contributed by atoms with van der Waals surface area (Å²) in [6.07, 6.45) is 0.342. The van der Waals surface area contributed by atoms with E-state index in [1.165, 1.54) is 0 Å². The van der Waals surface area contributed by atoms with E-state index in [1.807, 2.05) is 0 Å². The third-order valence-electron chi connectivity index (χ3n) is 2.10. The number of nitro groups is 1. The normalized spacial score (nSPS) is 10.2. The summed E-state index contributed by atoms with van der Waals surface area (Å²) in [4.78, 5) is 34.8. The Balaban J connectivity index is 3.24. The minimum atomic E-state index is -0.981. The van der Waals surface area contributed by atoms with Gasteiger partial charge in [0.2, 0.25) is 0 Å². The summed E-state index contributed by atoms with van der Waals surface area (Å²) in [7, 11) is 1.14. The van der Waals surface area contributed by atoms with Gasteiger partial charge in [-0.3, -0.25) is 24.5 Å². The number of rotatable bonds is 5. The van der Waals surface area contributed by atoms with Gasteiger partial charge in [0.25, 0.3) is 0 Å². The lowest BCUT2D eigenvalue weighted by molar-refractivity contribution is -0.385. The van der Waals surface area contributed by atoms with Gasteiger partial charge < -0.3 is 10.4 Å². The molecule has 1 rings (SSSR count).